The van der Waals surface area contributed by atoms with E-state index in [1.165, 1.54) is 43.5 Å². The van der Waals surface area contributed by atoms with Crippen molar-refractivity contribution >= 4 is 22.9 Å². The van der Waals surface area contributed by atoms with E-state index in [0.29, 0.717) is 6.04 Å². The van der Waals surface area contributed by atoms with Crippen LogP contribution in [0.3, 0.4) is 0 Å². The van der Waals surface area contributed by atoms with E-state index in [9.17, 15) is 0 Å². The van der Waals surface area contributed by atoms with Crippen LogP contribution in [0.25, 0.3) is 0 Å². The van der Waals surface area contributed by atoms with Crippen LogP contribution >= 0.6 is 22.9 Å². The SMILES string of the molecule is CCC1CCC(CNC(C)C)C(Cc2ccc(Cl)s2)C1. The molecule has 0 aliphatic heterocycles. The Morgan fingerprint density at radius 1 is 1.30 bits per heavy atom. The van der Waals surface area contributed by atoms with E-state index in [0.717, 1.165) is 22.1 Å². The topological polar surface area (TPSA) is 12.0 Å². The molecule has 1 aliphatic rings. The molecule has 3 heteroatoms. The van der Waals surface area contributed by atoms with Crippen LogP contribution in [0.5, 0.6) is 0 Å². The summed E-state index contributed by atoms with van der Waals surface area (Å²) in [5, 5.41) is 3.65. The molecule has 2 rings (SSSR count). The molecule has 3 unspecified atom stereocenters. The van der Waals surface area contributed by atoms with Gasteiger partial charge in [-0.2, -0.15) is 0 Å². The second kappa shape index (κ2) is 7.82. The smallest absolute Gasteiger partial charge is 0.0931 e. The molecular weight excluding hydrogens is 286 g/mol. The Bertz CT molecular complexity index is 401. The first-order valence-electron chi connectivity index (χ1n) is 8.06. The van der Waals surface area contributed by atoms with E-state index in [2.05, 4.69) is 32.2 Å². The van der Waals surface area contributed by atoms with Gasteiger partial charge in [0.2, 0.25) is 0 Å². The van der Waals surface area contributed by atoms with Crippen molar-refractivity contribution in [2.45, 2.75) is 58.9 Å². The van der Waals surface area contributed by atoms with Crippen molar-refractivity contribution in [2.24, 2.45) is 17.8 Å². The van der Waals surface area contributed by atoms with Gasteiger partial charge in [-0.05, 0) is 55.7 Å². The van der Waals surface area contributed by atoms with Crippen molar-refractivity contribution in [1.82, 2.24) is 5.32 Å². The molecule has 0 bridgehead atoms. The Hall–Kier alpha value is -0.0500. The minimum Gasteiger partial charge on any atom is -0.314 e. The standard InChI is InChI=1S/C17H28ClNS/c1-4-13-5-6-14(11-19-12(2)3)15(9-13)10-16-7-8-17(18)20-16/h7-8,12-15,19H,4-6,9-11H2,1-3H3. The average Bonchev–Trinajstić information content (AvgIpc) is 2.82. The molecule has 1 aromatic heterocycles. The summed E-state index contributed by atoms with van der Waals surface area (Å²) in [7, 11) is 0. The molecule has 0 saturated heterocycles. The van der Waals surface area contributed by atoms with Crippen molar-refractivity contribution in [3.8, 4) is 0 Å². The third-order valence-electron chi connectivity index (χ3n) is 4.71. The third kappa shape index (κ3) is 4.75. The van der Waals surface area contributed by atoms with Crippen molar-refractivity contribution in [3.63, 3.8) is 0 Å². The predicted molar refractivity (Wildman–Crippen MR) is 90.8 cm³/mol. The highest BCUT2D eigenvalue weighted by atomic mass is 35.5. The molecule has 3 atom stereocenters. The van der Waals surface area contributed by atoms with Gasteiger partial charge in [0.1, 0.15) is 0 Å². The first-order chi connectivity index (χ1) is 9.58. The maximum atomic E-state index is 6.08. The zero-order valence-corrected chi connectivity index (χ0v) is 14.6. The monoisotopic (exact) mass is 313 g/mol. The normalized spacial score (nSPS) is 27.1. The molecular formula is C17H28ClNS. The summed E-state index contributed by atoms with van der Waals surface area (Å²) < 4.78 is 0.930. The maximum Gasteiger partial charge on any atom is 0.0931 e. The number of hydrogen-bond donors (Lipinski definition) is 1. The van der Waals surface area contributed by atoms with Gasteiger partial charge in [-0.1, -0.05) is 45.2 Å². The lowest BCUT2D eigenvalue weighted by atomic mass is 9.71. The second-order valence-corrected chi connectivity index (χ2v) is 8.38. The molecule has 1 nitrogen and oxygen atoms in total. The number of rotatable bonds is 6. The maximum absolute atomic E-state index is 6.08. The van der Waals surface area contributed by atoms with E-state index in [1.54, 1.807) is 11.3 Å². The predicted octanol–water partition coefficient (Wildman–Crippen LogP) is 5.38. The van der Waals surface area contributed by atoms with Crippen LogP contribution in [-0.4, -0.2) is 12.6 Å². The van der Waals surface area contributed by atoms with Gasteiger partial charge in [0, 0.05) is 10.9 Å². The van der Waals surface area contributed by atoms with Crippen LogP contribution in [-0.2, 0) is 6.42 Å². The van der Waals surface area contributed by atoms with E-state index < -0.39 is 0 Å². The van der Waals surface area contributed by atoms with Crippen LogP contribution in [0.4, 0.5) is 0 Å². The van der Waals surface area contributed by atoms with Gasteiger partial charge < -0.3 is 5.32 Å². The van der Waals surface area contributed by atoms with Gasteiger partial charge in [-0.3, -0.25) is 0 Å². The zero-order valence-electron chi connectivity index (χ0n) is 13.0. The summed E-state index contributed by atoms with van der Waals surface area (Å²) in [6, 6.07) is 4.86. The molecule has 1 heterocycles. The average molecular weight is 314 g/mol. The fraction of sp³-hybridized carbons (Fsp3) is 0.765. The molecule has 0 amide bonds. The van der Waals surface area contributed by atoms with Gasteiger partial charge in [-0.25, -0.2) is 0 Å². The van der Waals surface area contributed by atoms with Crippen LogP contribution in [0.2, 0.25) is 4.34 Å². The number of hydrogen-bond acceptors (Lipinski definition) is 2. The summed E-state index contributed by atoms with van der Waals surface area (Å²) in [5.41, 5.74) is 0. The molecule has 1 aliphatic carbocycles. The van der Waals surface area contributed by atoms with Crippen molar-refractivity contribution in [2.75, 3.05) is 6.54 Å². The van der Waals surface area contributed by atoms with E-state index in [-0.39, 0.29) is 0 Å². The fourth-order valence-electron chi connectivity index (χ4n) is 3.42. The molecule has 1 N–H and O–H groups in total. The van der Waals surface area contributed by atoms with Gasteiger partial charge >= 0.3 is 0 Å². The Morgan fingerprint density at radius 3 is 2.70 bits per heavy atom. The van der Waals surface area contributed by atoms with E-state index >= 15 is 0 Å². The third-order valence-corrected chi connectivity index (χ3v) is 5.96. The van der Waals surface area contributed by atoms with Gasteiger partial charge in [-0.15, -0.1) is 11.3 Å². The summed E-state index contributed by atoms with van der Waals surface area (Å²) in [6.45, 7) is 8.01. The number of thiophene rings is 1. The van der Waals surface area contributed by atoms with Crippen LogP contribution in [0.15, 0.2) is 12.1 Å². The van der Waals surface area contributed by atoms with Gasteiger partial charge in [0.25, 0.3) is 0 Å². The number of nitrogens with one attached hydrogen (secondary N) is 1. The highest BCUT2D eigenvalue weighted by molar-refractivity contribution is 7.16. The molecule has 0 spiro atoms. The van der Waals surface area contributed by atoms with Crippen LogP contribution < -0.4 is 5.32 Å². The second-order valence-electron chi connectivity index (χ2n) is 6.58. The first-order valence-corrected chi connectivity index (χ1v) is 9.25. The highest BCUT2D eigenvalue weighted by Crippen LogP contribution is 2.38. The molecule has 20 heavy (non-hydrogen) atoms. The summed E-state index contributed by atoms with van der Waals surface area (Å²) in [5.74, 6) is 2.60. The minimum atomic E-state index is 0.593. The van der Waals surface area contributed by atoms with Crippen molar-refractivity contribution < 1.29 is 0 Å². The van der Waals surface area contributed by atoms with Crippen molar-refractivity contribution in [3.05, 3.63) is 21.3 Å². The summed E-state index contributed by atoms with van der Waals surface area (Å²) in [6.07, 6.45) is 6.77. The highest BCUT2D eigenvalue weighted by Gasteiger charge is 2.30. The lowest BCUT2D eigenvalue weighted by Crippen LogP contribution is -2.36. The van der Waals surface area contributed by atoms with E-state index in [4.69, 9.17) is 11.6 Å². The Labute approximate surface area is 133 Å². The van der Waals surface area contributed by atoms with Crippen molar-refractivity contribution in [1.29, 1.82) is 0 Å². The summed E-state index contributed by atoms with van der Waals surface area (Å²) >= 11 is 7.84. The first kappa shape index (κ1) is 16.3. The molecule has 1 fully saturated rings. The Morgan fingerprint density at radius 2 is 2.10 bits per heavy atom. The molecule has 0 radical (unpaired) electrons. The molecule has 114 valence electrons. The fourth-order valence-corrected chi connectivity index (χ4v) is 4.60. The minimum absolute atomic E-state index is 0.593. The molecule has 1 saturated carbocycles. The Balaban J connectivity index is 1.97. The van der Waals surface area contributed by atoms with Crippen LogP contribution in [0.1, 0.15) is 51.3 Å². The van der Waals surface area contributed by atoms with Crippen LogP contribution in [0, 0.1) is 17.8 Å². The zero-order chi connectivity index (χ0) is 14.5. The molecule has 1 aromatic rings. The van der Waals surface area contributed by atoms with E-state index in [1.807, 2.05) is 6.07 Å². The van der Waals surface area contributed by atoms with Gasteiger partial charge in [0.05, 0.1) is 4.34 Å². The lowest BCUT2D eigenvalue weighted by Gasteiger charge is -2.36. The number of halogens is 1. The molecule has 0 aromatic carbocycles. The van der Waals surface area contributed by atoms with Gasteiger partial charge in [0.15, 0.2) is 0 Å². The Kier molecular flexibility index (Phi) is 6.38. The quantitative estimate of drug-likeness (QED) is 0.743. The summed E-state index contributed by atoms with van der Waals surface area (Å²) in [4.78, 5) is 1.46. The lowest BCUT2D eigenvalue weighted by molar-refractivity contribution is 0.170. The largest absolute Gasteiger partial charge is 0.314 e.